The maximum absolute atomic E-state index is 13.2. The smallest absolute Gasteiger partial charge is 0.182 e. The van der Waals surface area contributed by atoms with Crippen LogP contribution in [0.5, 0.6) is 0 Å². The number of thiophene rings is 1. The number of carbonyl (C=O) groups excluding carboxylic acids is 1. The number of carbonyl (C=O) groups is 1. The molecule has 1 aromatic carbocycles. The Balaban J connectivity index is 1.85. The first-order valence-electron chi connectivity index (χ1n) is 6.18. The predicted octanol–water partition coefficient (Wildman–Crippen LogP) is 3.77. The molecule has 0 aliphatic carbocycles. The van der Waals surface area contributed by atoms with E-state index in [0.717, 1.165) is 17.0 Å². The minimum Gasteiger partial charge on any atom is -0.323 e. The van der Waals surface area contributed by atoms with Crippen LogP contribution in [0.2, 0.25) is 0 Å². The Labute approximate surface area is 123 Å². The van der Waals surface area contributed by atoms with Crippen molar-refractivity contribution < 1.29 is 13.6 Å². The lowest BCUT2D eigenvalue weighted by Crippen LogP contribution is -2.11. The Hall–Kier alpha value is -2.34. The van der Waals surface area contributed by atoms with Crippen LogP contribution in [0.1, 0.15) is 10.4 Å². The van der Waals surface area contributed by atoms with Gasteiger partial charge in [-0.25, -0.2) is 13.8 Å². The highest BCUT2D eigenvalue weighted by Gasteiger charge is 2.13. The molecule has 0 spiro atoms. The molecule has 0 aliphatic heterocycles. The van der Waals surface area contributed by atoms with Crippen LogP contribution in [-0.4, -0.2) is 15.3 Å². The second-order valence-electron chi connectivity index (χ2n) is 4.41. The summed E-state index contributed by atoms with van der Waals surface area (Å²) in [6.45, 7) is 0.0261. The second-order valence-corrected chi connectivity index (χ2v) is 5.36. The molecule has 2 heterocycles. The molecule has 0 saturated carbocycles. The minimum atomic E-state index is -1.02. The number of nitrogens with zero attached hydrogens (tertiary/aromatic N) is 2. The van der Waals surface area contributed by atoms with Crippen LogP contribution in [0.3, 0.4) is 0 Å². The molecule has 0 atom stereocenters. The van der Waals surface area contributed by atoms with Gasteiger partial charge in [0.25, 0.3) is 0 Å². The zero-order valence-electron chi connectivity index (χ0n) is 10.8. The topological polar surface area (TPSA) is 34.9 Å². The van der Waals surface area contributed by atoms with Gasteiger partial charge in [-0.1, -0.05) is 6.07 Å². The summed E-state index contributed by atoms with van der Waals surface area (Å²) in [4.78, 5) is 17.3. The Morgan fingerprint density at radius 3 is 2.81 bits per heavy atom. The van der Waals surface area contributed by atoms with E-state index >= 15 is 0 Å². The van der Waals surface area contributed by atoms with Crippen molar-refractivity contribution in [1.82, 2.24) is 9.55 Å². The van der Waals surface area contributed by atoms with Gasteiger partial charge in [-0.3, -0.25) is 4.79 Å². The van der Waals surface area contributed by atoms with Crippen molar-refractivity contribution in [1.29, 1.82) is 0 Å². The molecule has 21 heavy (non-hydrogen) atoms. The van der Waals surface area contributed by atoms with Crippen LogP contribution in [0.15, 0.2) is 48.1 Å². The summed E-state index contributed by atoms with van der Waals surface area (Å²) in [7, 11) is 0. The minimum absolute atomic E-state index is 0.0261. The third kappa shape index (κ3) is 2.75. The average Bonchev–Trinajstić information content (AvgIpc) is 3.12. The van der Waals surface area contributed by atoms with Crippen LogP contribution >= 0.6 is 11.3 Å². The Morgan fingerprint density at radius 1 is 1.24 bits per heavy atom. The molecule has 106 valence electrons. The molecule has 6 heteroatoms. The van der Waals surface area contributed by atoms with Gasteiger partial charge in [0, 0.05) is 18.0 Å². The van der Waals surface area contributed by atoms with Crippen LogP contribution in [0.25, 0.3) is 10.7 Å². The van der Waals surface area contributed by atoms with Gasteiger partial charge in [-0.15, -0.1) is 11.3 Å². The van der Waals surface area contributed by atoms with Crippen molar-refractivity contribution in [3.8, 4) is 10.7 Å². The van der Waals surface area contributed by atoms with Gasteiger partial charge in [0.15, 0.2) is 17.4 Å². The molecule has 3 rings (SSSR count). The van der Waals surface area contributed by atoms with E-state index in [2.05, 4.69) is 4.98 Å². The lowest BCUT2D eigenvalue weighted by atomic mass is 10.1. The SMILES string of the molecule is O=C(Cn1ccnc1-c1cccs1)c1ccc(F)c(F)c1. The van der Waals surface area contributed by atoms with Crippen molar-refractivity contribution in [2.24, 2.45) is 0 Å². The summed E-state index contributed by atoms with van der Waals surface area (Å²) >= 11 is 1.52. The van der Waals surface area contributed by atoms with Crippen molar-refractivity contribution in [3.63, 3.8) is 0 Å². The number of rotatable bonds is 4. The molecule has 0 bridgehead atoms. The number of halogens is 2. The highest BCUT2D eigenvalue weighted by molar-refractivity contribution is 7.13. The molecule has 0 radical (unpaired) electrons. The number of ketones is 1. The summed E-state index contributed by atoms with van der Waals surface area (Å²) in [5, 5.41) is 1.92. The van der Waals surface area contributed by atoms with E-state index in [1.807, 2.05) is 17.5 Å². The highest BCUT2D eigenvalue weighted by Crippen LogP contribution is 2.23. The third-order valence-electron chi connectivity index (χ3n) is 3.01. The van der Waals surface area contributed by atoms with Crippen LogP contribution in [0.4, 0.5) is 8.78 Å². The third-order valence-corrected chi connectivity index (χ3v) is 3.88. The molecule has 0 amide bonds. The largest absolute Gasteiger partial charge is 0.323 e. The standard InChI is InChI=1S/C15H10F2N2OS/c16-11-4-3-10(8-12(11)17)13(20)9-19-6-5-18-15(19)14-2-1-7-21-14/h1-8H,9H2. The molecule has 2 aromatic heterocycles. The molecular formula is C15H10F2N2OS. The fourth-order valence-corrected chi connectivity index (χ4v) is 2.72. The van der Waals surface area contributed by atoms with Crippen molar-refractivity contribution in [2.75, 3.05) is 0 Å². The van der Waals surface area contributed by atoms with E-state index in [0.29, 0.717) is 5.82 Å². The van der Waals surface area contributed by atoms with Gasteiger partial charge in [-0.2, -0.15) is 0 Å². The number of Topliss-reactive ketones (excluding diaryl/α,β-unsaturated/α-hetero) is 1. The van der Waals surface area contributed by atoms with Gasteiger partial charge in [0.05, 0.1) is 11.4 Å². The van der Waals surface area contributed by atoms with Gasteiger partial charge < -0.3 is 4.57 Å². The summed E-state index contributed by atoms with van der Waals surface area (Å²) in [5.74, 6) is -1.61. The van der Waals surface area contributed by atoms with Crippen molar-refractivity contribution in [3.05, 3.63) is 65.3 Å². The number of hydrogen-bond donors (Lipinski definition) is 0. The first kappa shape index (κ1) is 13.6. The Kier molecular flexibility index (Phi) is 3.62. The molecule has 0 fully saturated rings. The number of hydrogen-bond acceptors (Lipinski definition) is 3. The van der Waals surface area contributed by atoms with E-state index in [-0.39, 0.29) is 17.9 Å². The fourth-order valence-electron chi connectivity index (χ4n) is 1.98. The monoisotopic (exact) mass is 304 g/mol. The second kappa shape index (κ2) is 5.57. The first-order valence-corrected chi connectivity index (χ1v) is 7.06. The van der Waals surface area contributed by atoms with E-state index in [1.165, 1.54) is 17.4 Å². The zero-order chi connectivity index (χ0) is 14.8. The van der Waals surface area contributed by atoms with Crippen LogP contribution in [-0.2, 0) is 6.54 Å². The molecule has 0 N–H and O–H groups in total. The molecule has 0 unspecified atom stereocenters. The normalized spacial score (nSPS) is 10.8. The predicted molar refractivity (Wildman–Crippen MR) is 76.2 cm³/mol. The first-order chi connectivity index (χ1) is 10.1. The zero-order valence-corrected chi connectivity index (χ0v) is 11.6. The van der Waals surface area contributed by atoms with E-state index < -0.39 is 11.6 Å². The van der Waals surface area contributed by atoms with E-state index in [9.17, 15) is 13.6 Å². The quantitative estimate of drug-likeness (QED) is 0.688. The van der Waals surface area contributed by atoms with Crippen molar-refractivity contribution >= 4 is 17.1 Å². The maximum Gasteiger partial charge on any atom is 0.182 e. The molecular weight excluding hydrogens is 294 g/mol. The Bertz CT molecular complexity index is 781. The lowest BCUT2D eigenvalue weighted by Gasteiger charge is -2.06. The van der Waals surface area contributed by atoms with Gasteiger partial charge in [0.2, 0.25) is 0 Å². The number of benzene rings is 1. The maximum atomic E-state index is 13.2. The summed E-state index contributed by atoms with van der Waals surface area (Å²) in [6.07, 6.45) is 3.29. The number of imidazole rings is 1. The number of aromatic nitrogens is 2. The Morgan fingerprint density at radius 2 is 2.10 bits per heavy atom. The summed E-state index contributed by atoms with van der Waals surface area (Å²) < 4.78 is 27.8. The van der Waals surface area contributed by atoms with Crippen molar-refractivity contribution in [2.45, 2.75) is 6.54 Å². The lowest BCUT2D eigenvalue weighted by molar-refractivity contribution is 0.0972. The summed E-state index contributed by atoms with van der Waals surface area (Å²) in [5.41, 5.74) is 0.139. The van der Waals surface area contributed by atoms with Gasteiger partial charge in [0.1, 0.15) is 5.82 Å². The van der Waals surface area contributed by atoms with E-state index in [1.54, 1.807) is 17.0 Å². The van der Waals surface area contributed by atoms with Crippen LogP contribution < -0.4 is 0 Å². The highest BCUT2D eigenvalue weighted by atomic mass is 32.1. The molecule has 0 saturated heterocycles. The van der Waals surface area contributed by atoms with Crippen LogP contribution in [0, 0.1) is 11.6 Å². The van der Waals surface area contributed by atoms with Gasteiger partial charge in [-0.05, 0) is 29.6 Å². The molecule has 3 nitrogen and oxygen atoms in total. The molecule has 3 aromatic rings. The molecule has 0 aliphatic rings. The van der Waals surface area contributed by atoms with E-state index in [4.69, 9.17) is 0 Å². The van der Waals surface area contributed by atoms with Gasteiger partial charge >= 0.3 is 0 Å². The average molecular weight is 304 g/mol. The fraction of sp³-hybridized carbons (Fsp3) is 0.0667. The summed E-state index contributed by atoms with van der Waals surface area (Å²) in [6, 6.07) is 6.96.